The smallest absolute Gasteiger partial charge is 0.154 e. The number of hydrogen-bond donors (Lipinski definition) is 0. The molecule has 0 amide bonds. The largest absolute Gasteiger partial charge is 0.373 e. The molecule has 0 radical (unpaired) electrons. The Morgan fingerprint density at radius 2 is 1.37 bits per heavy atom. The Kier molecular flexibility index (Phi) is 3.82. The lowest BCUT2D eigenvalue weighted by Gasteiger charge is -2.18. The molecule has 0 N–H and O–H groups in total. The van der Waals surface area contributed by atoms with Gasteiger partial charge in [-0.2, -0.15) is 0 Å². The van der Waals surface area contributed by atoms with Crippen LogP contribution in [0.4, 0.5) is 0 Å². The SMILES string of the molecule is Cc1cc(-c2ccc(Cl)cc2)cc(C)c1C1C(=O)[C@@H]2C3CCC(O3)[C@@H]2C1=O. The maximum Gasteiger partial charge on any atom is 0.154 e. The molecule has 0 spiro atoms. The summed E-state index contributed by atoms with van der Waals surface area (Å²) in [5, 5.41) is 0.703. The molecule has 0 aromatic heterocycles. The van der Waals surface area contributed by atoms with Crippen molar-refractivity contribution in [1.82, 2.24) is 0 Å². The van der Waals surface area contributed by atoms with Crippen LogP contribution in [0.15, 0.2) is 36.4 Å². The van der Waals surface area contributed by atoms with E-state index in [0.717, 1.165) is 40.7 Å². The Labute approximate surface area is 163 Å². The molecule has 3 fully saturated rings. The minimum atomic E-state index is -0.619. The molecule has 3 nitrogen and oxygen atoms in total. The maximum atomic E-state index is 13.2. The molecule has 4 heteroatoms. The summed E-state index contributed by atoms with van der Waals surface area (Å²) in [6.45, 7) is 4.00. The number of hydrogen-bond acceptors (Lipinski definition) is 3. The molecule has 2 aromatic carbocycles. The van der Waals surface area contributed by atoms with Crippen LogP contribution in [-0.4, -0.2) is 23.8 Å². The van der Waals surface area contributed by atoms with Crippen molar-refractivity contribution in [3.05, 3.63) is 58.1 Å². The van der Waals surface area contributed by atoms with E-state index in [1.54, 1.807) is 0 Å². The summed E-state index contributed by atoms with van der Waals surface area (Å²) in [4.78, 5) is 26.3. The van der Waals surface area contributed by atoms with Crippen molar-refractivity contribution in [2.45, 2.75) is 44.8 Å². The van der Waals surface area contributed by atoms with Gasteiger partial charge in [0.1, 0.15) is 5.92 Å². The van der Waals surface area contributed by atoms with Gasteiger partial charge in [-0.05, 0) is 66.6 Å². The van der Waals surface area contributed by atoms with Gasteiger partial charge in [0.2, 0.25) is 0 Å². The Hall–Kier alpha value is -1.97. The first-order valence-corrected chi connectivity index (χ1v) is 9.93. The molecule has 5 rings (SSSR count). The molecule has 2 bridgehead atoms. The second kappa shape index (κ2) is 6.02. The van der Waals surface area contributed by atoms with Crippen molar-refractivity contribution < 1.29 is 14.3 Å². The van der Waals surface area contributed by atoms with Crippen LogP contribution in [0.25, 0.3) is 11.1 Å². The highest BCUT2D eigenvalue weighted by molar-refractivity contribution is 6.30. The van der Waals surface area contributed by atoms with Gasteiger partial charge in [0.25, 0.3) is 0 Å². The van der Waals surface area contributed by atoms with E-state index in [2.05, 4.69) is 12.1 Å². The number of benzene rings is 2. The summed E-state index contributed by atoms with van der Waals surface area (Å²) in [6.07, 6.45) is 1.72. The first kappa shape index (κ1) is 17.2. The number of halogens is 1. The number of Topliss-reactive ketones (excluding diaryl/α,β-unsaturated/α-hetero) is 2. The Balaban J connectivity index is 1.55. The van der Waals surface area contributed by atoms with Crippen LogP contribution in [0.5, 0.6) is 0 Å². The van der Waals surface area contributed by atoms with Crippen LogP contribution in [0, 0.1) is 25.7 Å². The quantitative estimate of drug-likeness (QED) is 0.712. The Bertz CT molecular complexity index is 911. The minimum Gasteiger partial charge on any atom is -0.373 e. The molecule has 1 saturated carbocycles. The fourth-order valence-corrected chi connectivity index (χ4v) is 5.58. The molecule has 27 heavy (non-hydrogen) atoms. The molecular weight excluding hydrogens is 360 g/mol. The zero-order valence-electron chi connectivity index (χ0n) is 15.4. The van der Waals surface area contributed by atoms with Crippen LogP contribution < -0.4 is 0 Å². The van der Waals surface area contributed by atoms with Crippen LogP contribution in [-0.2, 0) is 14.3 Å². The molecule has 2 aliphatic heterocycles. The van der Waals surface area contributed by atoms with Crippen LogP contribution in [0.2, 0.25) is 5.02 Å². The fraction of sp³-hybridized carbons (Fsp3) is 0.391. The molecule has 2 aromatic rings. The lowest BCUT2D eigenvalue weighted by molar-refractivity contribution is -0.127. The zero-order chi connectivity index (χ0) is 18.9. The number of carbonyl (C=O) groups excluding carboxylic acids is 2. The lowest BCUT2D eigenvalue weighted by atomic mass is 9.81. The topological polar surface area (TPSA) is 43.4 Å². The van der Waals surface area contributed by atoms with Crippen LogP contribution in [0.3, 0.4) is 0 Å². The van der Waals surface area contributed by atoms with Crippen molar-refractivity contribution in [1.29, 1.82) is 0 Å². The summed E-state index contributed by atoms with van der Waals surface area (Å²) < 4.78 is 5.86. The van der Waals surface area contributed by atoms with Gasteiger partial charge in [-0.1, -0.05) is 35.9 Å². The van der Waals surface area contributed by atoms with Crippen LogP contribution >= 0.6 is 11.6 Å². The number of ether oxygens (including phenoxy) is 1. The lowest BCUT2D eigenvalue weighted by Crippen LogP contribution is -2.29. The molecule has 3 unspecified atom stereocenters. The van der Waals surface area contributed by atoms with Gasteiger partial charge < -0.3 is 4.74 Å². The number of carbonyl (C=O) groups is 2. The number of ketones is 2. The van der Waals surface area contributed by atoms with Gasteiger partial charge in [0.15, 0.2) is 11.6 Å². The van der Waals surface area contributed by atoms with E-state index in [1.165, 1.54) is 0 Å². The number of fused-ring (bicyclic) bond motifs is 5. The second-order valence-electron chi connectivity index (χ2n) is 8.11. The molecule has 138 valence electrons. The van der Waals surface area contributed by atoms with Gasteiger partial charge in [0, 0.05) is 5.02 Å². The third-order valence-electron chi connectivity index (χ3n) is 6.56. The van der Waals surface area contributed by atoms with Gasteiger partial charge in [0.05, 0.1) is 24.0 Å². The summed E-state index contributed by atoms with van der Waals surface area (Å²) in [5.41, 5.74) is 5.05. The standard InChI is InChI=1S/C23H21ClO3/c1-11-9-14(13-3-5-15(24)6-4-13)10-12(2)18(11)21-22(25)19-16-7-8-17(27-16)20(19)23(21)26/h3-6,9-10,16-17,19-21H,7-8H2,1-2H3/t16?,17?,19-,20+,21?. The zero-order valence-corrected chi connectivity index (χ0v) is 16.1. The predicted octanol–water partition coefficient (Wildman–Crippen LogP) is 4.65. The van der Waals surface area contributed by atoms with Crippen molar-refractivity contribution >= 4 is 23.2 Å². The second-order valence-corrected chi connectivity index (χ2v) is 8.55. The molecule has 2 saturated heterocycles. The van der Waals surface area contributed by atoms with E-state index >= 15 is 0 Å². The molecular formula is C23H21ClO3. The first-order valence-electron chi connectivity index (χ1n) is 9.55. The van der Waals surface area contributed by atoms with Gasteiger partial charge >= 0.3 is 0 Å². The van der Waals surface area contributed by atoms with E-state index in [-0.39, 0.29) is 35.6 Å². The highest BCUT2D eigenvalue weighted by Gasteiger charge is 2.63. The van der Waals surface area contributed by atoms with Crippen molar-refractivity contribution in [2.24, 2.45) is 11.8 Å². The summed E-state index contributed by atoms with van der Waals surface area (Å²) in [7, 11) is 0. The average molecular weight is 381 g/mol. The minimum absolute atomic E-state index is 0.0459. The van der Waals surface area contributed by atoms with Crippen molar-refractivity contribution in [3.63, 3.8) is 0 Å². The molecule has 5 atom stereocenters. The number of rotatable bonds is 2. The normalized spacial score (nSPS) is 31.6. The van der Waals surface area contributed by atoms with Gasteiger partial charge in [-0.3, -0.25) is 9.59 Å². The highest BCUT2D eigenvalue weighted by Crippen LogP contribution is 2.53. The summed E-state index contributed by atoms with van der Waals surface area (Å²) >= 11 is 6.00. The van der Waals surface area contributed by atoms with E-state index in [0.29, 0.717) is 5.02 Å². The highest BCUT2D eigenvalue weighted by atomic mass is 35.5. The summed E-state index contributed by atoms with van der Waals surface area (Å²) in [6, 6.07) is 11.9. The molecule has 3 aliphatic rings. The maximum absolute atomic E-state index is 13.2. The van der Waals surface area contributed by atoms with E-state index < -0.39 is 5.92 Å². The third kappa shape index (κ3) is 2.45. The summed E-state index contributed by atoms with van der Waals surface area (Å²) in [5.74, 6) is -0.927. The fourth-order valence-electron chi connectivity index (χ4n) is 5.45. The molecule has 2 heterocycles. The van der Waals surface area contributed by atoms with Crippen molar-refractivity contribution in [3.8, 4) is 11.1 Å². The number of aryl methyl sites for hydroxylation is 2. The monoisotopic (exact) mass is 380 g/mol. The van der Waals surface area contributed by atoms with E-state index in [9.17, 15) is 9.59 Å². The Morgan fingerprint density at radius 3 is 1.89 bits per heavy atom. The van der Waals surface area contributed by atoms with Crippen molar-refractivity contribution in [2.75, 3.05) is 0 Å². The first-order chi connectivity index (χ1) is 13.0. The van der Waals surface area contributed by atoms with E-state index in [1.807, 2.05) is 38.1 Å². The van der Waals surface area contributed by atoms with E-state index in [4.69, 9.17) is 16.3 Å². The predicted molar refractivity (Wildman–Crippen MR) is 104 cm³/mol. The Morgan fingerprint density at radius 1 is 0.852 bits per heavy atom. The third-order valence-corrected chi connectivity index (χ3v) is 6.81. The average Bonchev–Trinajstić information content (AvgIpc) is 3.31. The molecule has 1 aliphatic carbocycles. The van der Waals surface area contributed by atoms with Gasteiger partial charge in [-0.25, -0.2) is 0 Å². The van der Waals surface area contributed by atoms with Gasteiger partial charge in [-0.15, -0.1) is 0 Å². The van der Waals surface area contributed by atoms with Crippen LogP contribution in [0.1, 0.15) is 35.4 Å².